The number of phenolic OH excluding ortho intramolecular Hbond substituents is 2. The Labute approximate surface area is 117 Å². The molecule has 1 saturated heterocycles. The molecule has 5 nitrogen and oxygen atoms in total. The fourth-order valence-electron chi connectivity index (χ4n) is 3.21. The highest BCUT2D eigenvalue weighted by atomic mass is 16.5. The lowest BCUT2D eigenvalue weighted by Gasteiger charge is -2.43. The van der Waals surface area contributed by atoms with Crippen LogP contribution < -0.4 is 0 Å². The molecule has 2 atom stereocenters. The first-order chi connectivity index (χ1) is 9.68. The van der Waals surface area contributed by atoms with Crippen molar-refractivity contribution in [2.45, 2.75) is 37.8 Å². The van der Waals surface area contributed by atoms with Crippen LogP contribution in [0.3, 0.4) is 0 Å². The van der Waals surface area contributed by atoms with Crippen molar-refractivity contribution in [3.8, 4) is 11.5 Å². The van der Waals surface area contributed by atoms with Crippen molar-refractivity contribution in [3.63, 3.8) is 0 Å². The minimum absolute atomic E-state index is 0.0896. The molecule has 3 rings (SSSR count). The summed E-state index contributed by atoms with van der Waals surface area (Å²) in [5.41, 5.74) is 0.163. The molecule has 1 aromatic rings. The minimum atomic E-state index is -0.337. The predicted octanol–water partition coefficient (Wildman–Crippen LogP) is 1.88. The van der Waals surface area contributed by atoms with Gasteiger partial charge in [0.15, 0.2) is 11.5 Å². The molecule has 1 aromatic carbocycles. The first-order valence-electron chi connectivity index (χ1n) is 7.12. The van der Waals surface area contributed by atoms with Gasteiger partial charge in [0, 0.05) is 6.54 Å². The number of nitrogens with zero attached hydrogens (tertiary/aromatic N) is 1. The van der Waals surface area contributed by atoms with Crippen LogP contribution in [0.5, 0.6) is 11.5 Å². The van der Waals surface area contributed by atoms with Crippen LogP contribution in [0.4, 0.5) is 0 Å². The summed E-state index contributed by atoms with van der Waals surface area (Å²) in [7, 11) is 0. The Hall–Kier alpha value is -1.75. The Kier molecular flexibility index (Phi) is 3.53. The van der Waals surface area contributed by atoms with E-state index in [1.165, 1.54) is 6.07 Å². The van der Waals surface area contributed by atoms with E-state index in [0.717, 1.165) is 25.7 Å². The van der Waals surface area contributed by atoms with E-state index in [0.29, 0.717) is 13.2 Å². The number of amides is 1. The van der Waals surface area contributed by atoms with E-state index in [4.69, 9.17) is 4.74 Å². The van der Waals surface area contributed by atoms with Gasteiger partial charge in [-0.3, -0.25) is 4.79 Å². The lowest BCUT2D eigenvalue weighted by molar-refractivity contribution is -0.0753. The molecule has 0 bridgehead atoms. The molecule has 5 heteroatoms. The predicted molar refractivity (Wildman–Crippen MR) is 72.8 cm³/mol. The van der Waals surface area contributed by atoms with E-state index in [2.05, 4.69) is 0 Å². The zero-order chi connectivity index (χ0) is 14.1. The molecular weight excluding hydrogens is 258 g/mol. The lowest BCUT2D eigenvalue weighted by Crippen LogP contribution is -2.54. The molecule has 1 saturated carbocycles. The van der Waals surface area contributed by atoms with Gasteiger partial charge in [0.05, 0.1) is 24.3 Å². The number of phenols is 2. The van der Waals surface area contributed by atoms with E-state index in [9.17, 15) is 15.0 Å². The number of para-hydroxylation sites is 1. The van der Waals surface area contributed by atoms with Gasteiger partial charge in [0.2, 0.25) is 0 Å². The molecule has 0 aromatic heterocycles. The van der Waals surface area contributed by atoms with Crippen LogP contribution in [0, 0.1) is 0 Å². The maximum atomic E-state index is 12.6. The summed E-state index contributed by atoms with van der Waals surface area (Å²) < 4.78 is 5.75. The topological polar surface area (TPSA) is 70.0 Å². The van der Waals surface area contributed by atoms with Gasteiger partial charge in [-0.2, -0.15) is 0 Å². The Balaban J connectivity index is 1.87. The molecule has 2 unspecified atom stereocenters. The van der Waals surface area contributed by atoms with Gasteiger partial charge >= 0.3 is 0 Å². The molecule has 0 spiro atoms. The Morgan fingerprint density at radius 3 is 2.90 bits per heavy atom. The van der Waals surface area contributed by atoms with Gasteiger partial charge in [0.25, 0.3) is 5.91 Å². The molecule has 20 heavy (non-hydrogen) atoms. The summed E-state index contributed by atoms with van der Waals surface area (Å²) in [6.07, 6.45) is 4.28. The number of fused-ring (bicyclic) bond motifs is 1. The highest BCUT2D eigenvalue weighted by Gasteiger charge is 2.37. The largest absolute Gasteiger partial charge is 0.504 e. The Morgan fingerprint density at radius 1 is 1.25 bits per heavy atom. The van der Waals surface area contributed by atoms with Gasteiger partial charge in [-0.05, 0) is 25.0 Å². The first-order valence-corrected chi connectivity index (χ1v) is 7.12. The molecule has 1 aliphatic heterocycles. The SMILES string of the molecule is O=C(c1cccc(O)c1O)N1CCOC2CCCCC21. The molecule has 2 aliphatic rings. The summed E-state index contributed by atoms with van der Waals surface area (Å²) in [5.74, 6) is -0.820. The normalized spacial score (nSPS) is 26.1. The second kappa shape index (κ2) is 5.32. The molecular formula is C15H19NO4. The Bertz CT molecular complexity index is 515. The van der Waals surface area contributed by atoms with Gasteiger partial charge in [0.1, 0.15) is 0 Å². The Morgan fingerprint density at radius 2 is 2.05 bits per heavy atom. The standard InChI is InChI=1S/C15H19NO4/c17-12-6-3-4-10(14(12)18)15(19)16-8-9-20-13-7-2-1-5-11(13)16/h3-4,6,11,13,17-18H,1-2,5,7-9H2. The lowest BCUT2D eigenvalue weighted by atomic mass is 9.89. The average molecular weight is 277 g/mol. The van der Waals surface area contributed by atoms with Crippen LogP contribution in [-0.2, 0) is 4.74 Å². The van der Waals surface area contributed by atoms with Crippen molar-refractivity contribution in [2.75, 3.05) is 13.2 Å². The van der Waals surface area contributed by atoms with Crippen LogP contribution >= 0.6 is 0 Å². The monoisotopic (exact) mass is 277 g/mol. The van der Waals surface area contributed by atoms with Crippen molar-refractivity contribution in [3.05, 3.63) is 23.8 Å². The number of aromatic hydroxyl groups is 2. The number of ether oxygens (including phenoxy) is 1. The summed E-state index contributed by atoms with van der Waals surface area (Å²) in [6.45, 7) is 1.07. The van der Waals surface area contributed by atoms with Crippen molar-refractivity contribution >= 4 is 5.91 Å². The number of benzene rings is 1. The van der Waals surface area contributed by atoms with Gasteiger partial charge < -0.3 is 19.8 Å². The number of hydrogen-bond donors (Lipinski definition) is 2. The van der Waals surface area contributed by atoms with E-state index < -0.39 is 0 Å². The second-order valence-electron chi connectivity index (χ2n) is 5.43. The van der Waals surface area contributed by atoms with Crippen LogP contribution in [0.2, 0.25) is 0 Å². The van der Waals surface area contributed by atoms with Crippen LogP contribution in [-0.4, -0.2) is 46.3 Å². The number of hydrogen-bond acceptors (Lipinski definition) is 4. The quantitative estimate of drug-likeness (QED) is 0.769. The minimum Gasteiger partial charge on any atom is -0.504 e. The third-order valence-corrected chi connectivity index (χ3v) is 4.24. The van der Waals surface area contributed by atoms with Gasteiger partial charge in [-0.1, -0.05) is 18.9 Å². The van der Waals surface area contributed by atoms with Gasteiger partial charge in [-0.15, -0.1) is 0 Å². The van der Waals surface area contributed by atoms with Crippen molar-refractivity contribution in [1.82, 2.24) is 4.90 Å². The second-order valence-corrected chi connectivity index (χ2v) is 5.43. The zero-order valence-electron chi connectivity index (χ0n) is 11.3. The number of morpholine rings is 1. The molecule has 1 aliphatic carbocycles. The summed E-state index contributed by atoms with van der Waals surface area (Å²) >= 11 is 0. The molecule has 1 heterocycles. The number of rotatable bonds is 1. The van der Waals surface area contributed by atoms with Crippen LogP contribution in [0.25, 0.3) is 0 Å². The summed E-state index contributed by atoms with van der Waals surface area (Å²) in [4.78, 5) is 14.4. The highest BCUT2D eigenvalue weighted by Crippen LogP contribution is 2.33. The van der Waals surface area contributed by atoms with Crippen LogP contribution in [0.1, 0.15) is 36.0 Å². The van der Waals surface area contributed by atoms with E-state index >= 15 is 0 Å². The third kappa shape index (κ3) is 2.22. The van der Waals surface area contributed by atoms with Crippen molar-refractivity contribution < 1.29 is 19.7 Å². The molecule has 1 amide bonds. The number of carbonyl (C=O) groups excluding carboxylic acids is 1. The van der Waals surface area contributed by atoms with E-state index in [1.807, 2.05) is 0 Å². The maximum absolute atomic E-state index is 12.6. The van der Waals surface area contributed by atoms with E-state index in [1.54, 1.807) is 17.0 Å². The number of carbonyl (C=O) groups is 1. The molecule has 0 radical (unpaired) electrons. The first kappa shape index (κ1) is 13.2. The average Bonchev–Trinajstić information content (AvgIpc) is 2.49. The summed E-state index contributed by atoms with van der Waals surface area (Å²) in [5, 5.41) is 19.4. The molecule has 2 fully saturated rings. The molecule has 2 N–H and O–H groups in total. The smallest absolute Gasteiger partial charge is 0.258 e. The fourth-order valence-corrected chi connectivity index (χ4v) is 3.21. The fraction of sp³-hybridized carbons (Fsp3) is 0.533. The van der Waals surface area contributed by atoms with Crippen molar-refractivity contribution in [2.24, 2.45) is 0 Å². The third-order valence-electron chi connectivity index (χ3n) is 4.24. The van der Waals surface area contributed by atoms with Gasteiger partial charge in [-0.25, -0.2) is 0 Å². The van der Waals surface area contributed by atoms with Crippen LogP contribution in [0.15, 0.2) is 18.2 Å². The molecule has 108 valence electrons. The summed E-state index contributed by atoms with van der Waals surface area (Å²) in [6, 6.07) is 4.58. The zero-order valence-corrected chi connectivity index (χ0v) is 11.3. The highest BCUT2D eigenvalue weighted by molar-refractivity contribution is 5.97. The van der Waals surface area contributed by atoms with E-state index in [-0.39, 0.29) is 35.1 Å². The maximum Gasteiger partial charge on any atom is 0.258 e. The van der Waals surface area contributed by atoms with Crippen molar-refractivity contribution in [1.29, 1.82) is 0 Å².